The summed E-state index contributed by atoms with van der Waals surface area (Å²) in [6.45, 7) is 7.98. The van der Waals surface area contributed by atoms with Crippen LogP contribution in [0.1, 0.15) is 37.3 Å². The lowest BCUT2D eigenvalue weighted by molar-refractivity contribution is -0.116. The number of methoxy groups -OCH3 is 1. The lowest BCUT2D eigenvalue weighted by atomic mass is 9.99. The Labute approximate surface area is 197 Å². The monoisotopic (exact) mass is 473 g/mol. The first-order valence-corrected chi connectivity index (χ1v) is 12.8. The fourth-order valence-electron chi connectivity index (χ4n) is 4.22. The summed E-state index contributed by atoms with van der Waals surface area (Å²) in [6.07, 6.45) is 2.46. The first-order chi connectivity index (χ1) is 15.6. The molecule has 0 radical (unpaired) electrons. The van der Waals surface area contributed by atoms with Gasteiger partial charge in [0.1, 0.15) is 5.75 Å². The lowest BCUT2D eigenvalue weighted by Crippen LogP contribution is -2.32. The maximum Gasteiger partial charge on any atom is 0.243 e. The fraction of sp³-hybridized carbons (Fsp3) is 0.480. The van der Waals surface area contributed by atoms with Crippen molar-refractivity contribution in [3.05, 3.63) is 47.5 Å². The number of piperidine rings is 1. The van der Waals surface area contributed by atoms with Crippen LogP contribution in [0.2, 0.25) is 0 Å². The average Bonchev–Trinajstić information content (AvgIpc) is 2.77. The molecule has 180 valence electrons. The zero-order valence-electron chi connectivity index (χ0n) is 20.2. The quantitative estimate of drug-likeness (QED) is 0.622. The molecular formula is C25H35N3O4S. The molecule has 1 aliphatic heterocycles. The van der Waals surface area contributed by atoms with Crippen molar-refractivity contribution in [2.75, 3.05) is 44.0 Å². The zero-order chi connectivity index (χ0) is 24.2. The predicted octanol–water partition coefficient (Wildman–Crippen LogP) is 4.20. The number of hydrogen-bond acceptors (Lipinski definition) is 5. The Bertz CT molecular complexity index is 1050. The molecule has 1 N–H and O–H groups in total. The average molecular weight is 474 g/mol. The summed E-state index contributed by atoms with van der Waals surface area (Å²) in [5.41, 5.74) is 3.11. The molecule has 2 aromatic rings. The standard InChI is InChI=1S/C25H35N3O4S/c1-18-10-14-28(15-11-18)22-8-6-21(7-9-22)26-24(29)12-13-27(4)33(30,31)25-19(2)16-23(32-5)17-20(25)3/h6-9,16-18H,10-15H2,1-5H3,(H,26,29). The van der Waals surface area contributed by atoms with Crippen LogP contribution in [0.4, 0.5) is 11.4 Å². The van der Waals surface area contributed by atoms with Crippen LogP contribution >= 0.6 is 0 Å². The molecule has 1 heterocycles. The van der Waals surface area contributed by atoms with Crippen LogP contribution in [0.25, 0.3) is 0 Å². The summed E-state index contributed by atoms with van der Waals surface area (Å²) in [4.78, 5) is 15.1. The van der Waals surface area contributed by atoms with Gasteiger partial charge in [0.2, 0.25) is 15.9 Å². The zero-order valence-corrected chi connectivity index (χ0v) is 21.0. The van der Waals surface area contributed by atoms with E-state index in [9.17, 15) is 13.2 Å². The van der Waals surface area contributed by atoms with Gasteiger partial charge in [-0.2, -0.15) is 0 Å². The largest absolute Gasteiger partial charge is 0.497 e. The summed E-state index contributed by atoms with van der Waals surface area (Å²) in [5.74, 6) is 1.17. The molecule has 1 fully saturated rings. The normalized spacial score (nSPS) is 15.0. The lowest BCUT2D eigenvalue weighted by Gasteiger charge is -2.32. The summed E-state index contributed by atoms with van der Waals surface area (Å²) in [6, 6.07) is 11.3. The Morgan fingerprint density at radius 2 is 1.70 bits per heavy atom. The number of hydrogen-bond donors (Lipinski definition) is 1. The first kappa shape index (κ1) is 25.1. The van der Waals surface area contributed by atoms with Gasteiger partial charge in [-0.3, -0.25) is 4.79 Å². The molecule has 7 nitrogen and oxygen atoms in total. The number of rotatable bonds is 8. The molecule has 0 bridgehead atoms. The van der Waals surface area contributed by atoms with Gasteiger partial charge in [-0.05, 0) is 80.1 Å². The van der Waals surface area contributed by atoms with Gasteiger partial charge >= 0.3 is 0 Å². The van der Waals surface area contributed by atoms with Crippen LogP contribution in [0.5, 0.6) is 5.75 Å². The second-order valence-electron chi connectivity index (χ2n) is 8.93. The second-order valence-corrected chi connectivity index (χ2v) is 10.9. The van der Waals surface area contributed by atoms with Gasteiger partial charge in [0, 0.05) is 44.5 Å². The number of carbonyl (C=O) groups is 1. The third kappa shape index (κ3) is 6.06. The van der Waals surface area contributed by atoms with Crippen LogP contribution in [-0.2, 0) is 14.8 Å². The van der Waals surface area contributed by atoms with E-state index in [1.807, 2.05) is 24.3 Å². The molecule has 1 saturated heterocycles. The van der Waals surface area contributed by atoms with E-state index in [4.69, 9.17) is 4.74 Å². The van der Waals surface area contributed by atoms with Crippen molar-refractivity contribution in [2.24, 2.45) is 5.92 Å². The Morgan fingerprint density at radius 3 is 2.24 bits per heavy atom. The van der Waals surface area contributed by atoms with Crippen molar-refractivity contribution in [1.82, 2.24) is 4.31 Å². The van der Waals surface area contributed by atoms with Gasteiger partial charge in [0.15, 0.2) is 0 Å². The topological polar surface area (TPSA) is 79.0 Å². The summed E-state index contributed by atoms with van der Waals surface area (Å²) in [7, 11) is -0.673. The van der Waals surface area contributed by atoms with Crippen LogP contribution in [0.15, 0.2) is 41.3 Å². The maximum absolute atomic E-state index is 13.1. The number of amides is 1. The third-order valence-corrected chi connectivity index (χ3v) is 8.45. The highest BCUT2D eigenvalue weighted by Crippen LogP contribution is 2.28. The molecular weight excluding hydrogens is 438 g/mol. The molecule has 0 aliphatic carbocycles. The summed E-state index contributed by atoms with van der Waals surface area (Å²) in [5, 5.41) is 2.87. The van der Waals surface area contributed by atoms with Gasteiger partial charge < -0.3 is 15.0 Å². The van der Waals surface area contributed by atoms with E-state index in [1.54, 1.807) is 33.1 Å². The van der Waals surface area contributed by atoms with Crippen molar-refractivity contribution in [3.8, 4) is 5.75 Å². The van der Waals surface area contributed by atoms with E-state index in [-0.39, 0.29) is 23.8 Å². The van der Waals surface area contributed by atoms with Gasteiger partial charge in [-0.25, -0.2) is 12.7 Å². The molecule has 2 aromatic carbocycles. The minimum absolute atomic E-state index is 0.0652. The van der Waals surface area contributed by atoms with E-state index < -0.39 is 10.0 Å². The Kier molecular flexibility index (Phi) is 8.02. The molecule has 0 aromatic heterocycles. The van der Waals surface area contributed by atoms with Crippen LogP contribution in [0, 0.1) is 19.8 Å². The first-order valence-electron chi connectivity index (χ1n) is 11.4. The molecule has 0 spiro atoms. The molecule has 0 saturated carbocycles. The molecule has 1 amide bonds. The van der Waals surface area contributed by atoms with E-state index in [0.29, 0.717) is 22.6 Å². The number of ether oxygens (including phenoxy) is 1. The summed E-state index contributed by atoms with van der Waals surface area (Å²) < 4.78 is 32.7. The number of sulfonamides is 1. The molecule has 1 aliphatic rings. The minimum atomic E-state index is -3.72. The Morgan fingerprint density at radius 1 is 1.12 bits per heavy atom. The van der Waals surface area contributed by atoms with Crippen LogP contribution < -0.4 is 15.0 Å². The number of aryl methyl sites for hydroxylation is 2. The molecule has 8 heteroatoms. The number of benzene rings is 2. The molecule has 0 atom stereocenters. The molecule has 33 heavy (non-hydrogen) atoms. The third-order valence-electron chi connectivity index (χ3n) is 6.29. The van der Waals surface area contributed by atoms with E-state index >= 15 is 0 Å². The second kappa shape index (κ2) is 10.6. The molecule has 3 rings (SSSR count). The van der Waals surface area contributed by atoms with Gasteiger partial charge in [0.05, 0.1) is 12.0 Å². The van der Waals surface area contributed by atoms with Crippen molar-refractivity contribution < 1.29 is 17.9 Å². The predicted molar refractivity (Wildman–Crippen MR) is 133 cm³/mol. The smallest absolute Gasteiger partial charge is 0.243 e. The van der Waals surface area contributed by atoms with Crippen molar-refractivity contribution in [2.45, 2.75) is 44.9 Å². The van der Waals surface area contributed by atoms with E-state index in [1.165, 1.54) is 24.2 Å². The number of carbonyl (C=O) groups excluding carboxylic acids is 1. The minimum Gasteiger partial charge on any atom is -0.497 e. The fourth-order valence-corrected chi connectivity index (χ4v) is 5.79. The van der Waals surface area contributed by atoms with Crippen molar-refractivity contribution in [1.29, 1.82) is 0 Å². The SMILES string of the molecule is COc1cc(C)c(S(=O)(=O)N(C)CCC(=O)Nc2ccc(N3CCC(C)CC3)cc2)c(C)c1. The Balaban J connectivity index is 1.57. The highest BCUT2D eigenvalue weighted by molar-refractivity contribution is 7.89. The Hall–Kier alpha value is -2.58. The highest BCUT2D eigenvalue weighted by Gasteiger charge is 2.26. The van der Waals surface area contributed by atoms with Gasteiger partial charge in [0.25, 0.3) is 0 Å². The van der Waals surface area contributed by atoms with Crippen LogP contribution in [-0.4, -0.2) is 52.4 Å². The maximum atomic E-state index is 13.1. The number of anilines is 2. The van der Waals surface area contributed by atoms with Crippen molar-refractivity contribution in [3.63, 3.8) is 0 Å². The van der Waals surface area contributed by atoms with Gasteiger partial charge in [-0.15, -0.1) is 0 Å². The van der Waals surface area contributed by atoms with Crippen molar-refractivity contribution >= 4 is 27.3 Å². The molecule has 0 unspecified atom stereocenters. The number of nitrogens with zero attached hydrogens (tertiary/aromatic N) is 2. The van der Waals surface area contributed by atoms with E-state index in [2.05, 4.69) is 17.1 Å². The summed E-state index contributed by atoms with van der Waals surface area (Å²) >= 11 is 0. The van der Waals surface area contributed by atoms with Gasteiger partial charge in [-0.1, -0.05) is 6.92 Å². The number of nitrogens with one attached hydrogen (secondary N) is 1. The van der Waals surface area contributed by atoms with Crippen LogP contribution in [0.3, 0.4) is 0 Å². The highest BCUT2D eigenvalue weighted by atomic mass is 32.2. The van der Waals surface area contributed by atoms with E-state index in [0.717, 1.165) is 24.7 Å².